The minimum absolute atomic E-state index is 0.0598. The van der Waals surface area contributed by atoms with Crippen LogP contribution in [0, 0.1) is 11.3 Å². The molecular weight excluding hydrogens is 160 g/mol. The van der Waals surface area contributed by atoms with E-state index >= 15 is 0 Å². The van der Waals surface area contributed by atoms with E-state index in [4.69, 9.17) is 11.0 Å². The number of benzene rings is 1. The van der Waals surface area contributed by atoms with Crippen molar-refractivity contribution in [1.29, 1.82) is 5.26 Å². The third-order valence-electron chi connectivity index (χ3n) is 2.16. The van der Waals surface area contributed by atoms with Gasteiger partial charge in [0.25, 0.3) is 0 Å². The highest BCUT2D eigenvalue weighted by molar-refractivity contribution is 5.31. The fourth-order valence-electron chi connectivity index (χ4n) is 1.36. The zero-order chi connectivity index (χ0) is 9.68. The molecule has 0 aromatic heterocycles. The predicted molar refractivity (Wildman–Crippen MR) is 53.0 cm³/mol. The average molecular weight is 174 g/mol. The molecule has 0 unspecified atom stereocenters. The molecule has 1 rings (SSSR count). The molecule has 0 amide bonds. The Morgan fingerprint density at radius 3 is 2.77 bits per heavy atom. The average Bonchev–Trinajstić information content (AvgIpc) is 2.18. The Morgan fingerprint density at radius 1 is 1.46 bits per heavy atom. The molecule has 1 aromatic carbocycles. The molecule has 13 heavy (non-hydrogen) atoms. The Labute approximate surface area is 79.0 Å². The van der Waals surface area contributed by atoms with E-state index in [-0.39, 0.29) is 6.04 Å². The van der Waals surface area contributed by atoms with Crippen LogP contribution in [0.3, 0.4) is 0 Å². The van der Waals surface area contributed by atoms with E-state index in [9.17, 15) is 0 Å². The SMILES string of the molecule is CC[C@@H](N)c1ccccc1CC#N. The first kappa shape index (κ1) is 9.76. The highest BCUT2D eigenvalue weighted by Gasteiger charge is 2.07. The zero-order valence-corrected chi connectivity index (χ0v) is 7.83. The van der Waals surface area contributed by atoms with Gasteiger partial charge in [0, 0.05) is 6.04 Å². The molecule has 0 saturated heterocycles. The van der Waals surface area contributed by atoms with E-state index in [1.807, 2.05) is 31.2 Å². The summed E-state index contributed by atoms with van der Waals surface area (Å²) in [4.78, 5) is 0. The van der Waals surface area contributed by atoms with E-state index in [0.717, 1.165) is 17.5 Å². The van der Waals surface area contributed by atoms with Gasteiger partial charge in [-0.2, -0.15) is 5.26 Å². The molecule has 0 fully saturated rings. The van der Waals surface area contributed by atoms with Gasteiger partial charge in [-0.05, 0) is 17.5 Å². The smallest absolute Gasteiger partial charge is 0.0669 e. The standard InChI is InChI=1S/C11H14N2/c1-2-11(13)10-6-4-3-5-9(10)7-8-12/h3-6,11H,2,7,13H2,1H3/t11-/m1/s1. The van der Waals surface area contributed by atoms with Gasteiger partial charge in [-0.3, -0.25) is 0 Å². The summed E-state index contributed by atoms with van der Waals surface area (Å²) >= 11 is 0. The Hall–Kier alpha value is -1.33. The summed E-state index contributed by atoms with van der Waals surface area (Å²) in [6.45, 7) is 2.05. The van der Waals surface area contributed by atoms with Gasteiger partial charge in [-0.1, -0.05) is 31.2 Å². The van der Waals surface area contributed by atoms with Crippen molar-refractivity contribution in [2.45, 2.75) is 25.8 Å². The van der Waals surface area contributed by atoms with Crippen LogP contribution in [0.15, 0.2) is 24.3 Å². The highest BCUT2D eigenvalue weighted by Crippen LogP contribution is 2.18. The first-order valence-electron chi connectivity index (χ1n) is 4.50. The van der Waals surface area contributed by atoms with Crippen molar-refractivity contribution in [3.05, 3.63) is 35.4 Å². The van der Waals surface area contributed by atoms with Crippen LogP contribution in [0.1, 0.15) is 30.5 Å². The number of nitriles is 1. The lowest BCUT2D eigenvalue weighted by molar-refractivity contribution is 0.692. The Bertz CT molecular complexity index is 312. The molecule has 2 nitrogen and oxygen atoms in total. The molecule has 2 heteroatoms. The maximum Gasteiger partial charge on any atom is 0.0669 e. The van der Waals surface area contributed by atoms with Crippen molar-refractivity contribution in [1.82, 2.24) is 0 Å². The van der Waals surface area contributed by atoms with Crippen molar-refractivity contribution in [2.75, 3.05) is 0 Å². The van der Waals surface area contributed by atoms with Gasteiger partial charge in [-0.25, -0.2) is 0 Å². The molecule has 0 aliphatic carbocycles. The van der Waals surface area contributed by atoms with Crippen LogP contribution in [0.5, 0.6) is 0 Å². The van der Waals surface area contributed by atoms with Crippen LogP contribution >= 0.6 is 0 Å². The van der Waals surface area contributed by atoms with E-state index in [0.29, 0.717) is 6.42 Å². The number of nitrogens with zero attached hydrogens (tertiary/aromatic N) is 1. The van der Waals surface area contributed by atoms with Gasteiger partial charge in [0.15, 0.2) is 0 Å². The Kier molecular flexibility index (Phi) is 3.48. The van der Waals surface area contributed by atoms with Crippen LogP contribution in [0.4, 0.5) is 0 Å². The van der Waals surface area contributed by atoms with Crippen LogP contribution in [-0.4, -0.2) is 0 Å². The fourth-order valence-corrected chi connectivity index (χ4v) is 1.36. The van der Waals surface area contributed by atoms with Crippen LogP contribution < -0.4 is 5.73 Å². The molecule has 1 atom stereocenters. The predicted octanol–water partition coefficient (Wildman–Crippen LogP) is 2.16. The summed E-state index contributed by atoms with van der Waals surface area (Å²) in [6.07, 6.45) is 1.35. The second-order valence-electron chi connectivity index (χ2n) is 3.05. The summed E-state index contributed by atoms with van der Waals surface area (Å²) in [5.74, 6) is 0. The first-order chi connectivity index (χ1) is 6.29. The van der Waals surface area contributed by atoms with E-state index < -0.39 is 0 Å². The van der Waals surface area contributed by atoms with Gasteiger partial charge >= 0.3 is 0 Å². The summed E-state index contributed by atoms with van der Waals surface area (Å²) in [5, 5.41) is 8.61. The quantitative estimate of drug-likeness (QED) is 0.763. The molecule has 0 spiro atoms. The van der Waals surface area contributed by atoms with Crippen molar-refractivity contribution < 1.29 is 0 Å². The van der Waals surface area contributed by atoms with E-state index in [1.165, 1.54) is 0 Å². The number of hydrogen-bond acceptors (Lipinski definition) is 2. The molecule has 2 N–H and O–H groups in total. The molecule has 0 aliphatic rings. The fraction of sp³-hybridized carbons (Fsp3) is 0.364. The lowest BCUT2D eigenvalue weighted by atomic mass is 9.98. The number of hydrogen-bond donors (Lipinski definition) is 1. The van der Waals surface area contributed by atoms with Crippen LogP contribution in [0.25, 0.3) is 0 Å². The molecule has 0 heterocycles. The molecule has 0 radical (unpaired) electrons. The zero-order valence-electron chi connectivity index (χ0n) is 7.83. The minimum atomic E-state index is 0.0598. The monoisotopic (exact) mass is 174 g/mol. The van der Waals surface area contributed by atoms with Crippen molar-refractivity contribution >= 4 is 0 Å². The second kappa shape index (κ2) is 4.64. The van der Waals surface area contributed by atoms with Crippen molar-refractivity contribution in [2.24, 2.45) is 5.73 Å². The topological polar surface area (TPSA) is 49.8 Å². The number of rotatable bonds is 3. The molecule has 68 valence electrons. The summed E-state index contributed by atoms with van der Waals surface area (Å²) in [5.41, 5.74) is 8.07. The maximum atomic E-state index is 8.61. The molecule has 1 aromatic rings. The van der Waals surface area contributed by atoms with Gasteiger partial charge in [0.2, 0.25) is 0 Å². The van der Waals surface area contributed by atoms with Gasteiger partial charge in [0.05, 0.1) is 12.5 Å². The van der Waals surface area contributed by atoms with Crippen molar-refractivity contribution in [3.8, 4) is 6.07 Å². The summed E-state index contributed by atoms with van der Waals surface area (Å²) in [7, 11) is 0. The van der Waals surface area contributed by atoms with Gasteiger partial charge in [-0.15, -0.1) is 0 Å². The van der Waals surface area contributed by atoms with Crippen molar-refractivity contribution in [3.63, 3.8) is 0 Å². The Balaban J connectivity index is 2.98. The number of nitrogens with two attached hydrogens (primary N) is 1. The van der Waals surface area contributed by atoms with Crippen LogP contribution in [0.2, 0.25) is 0 Å². The van der Waals surface area contributed by atoms with Gasteiger partial charge in [0.1, 0.15) is 0 Å². The normalized spacial score (nSPS) is 12.1. The van der Waals surface area contributed by atoms with E-state index in [1.54, 1.807) is 0 Å². The maximum absolute atomic E-state index is 8.61. The first-order valence-corrected chi connectivity index (χ1v) is 4.50. The third kappa shape index (κ3) is 2.30. The molecule has 0 saturated carbocycles. The van der Waals surface area contributed by atoms with E-state index in [2.05, 4.69) is 6.07 Å². The Morgan fingerprint density at radius 2 is 2.15 bits per heavy atom. The summed E-state index contributed by atoms with van der Waals surface area (Å²) in [6, 6.07) is 10.1. The molecule has 0 bridgehead atoms. The third-order valence-corrected chi connectivity index (χ3v) is 2.16. The minimum Gasteiger partial charge on any atom is -0.324 e. The second-order valence-corrected chi connectivity index (χ2v) is 3.05. The highest BCUT2D eigenvalue weighted by atomic mass is 14.6. The molecule has 0 aliphatic heterocycles. The summed E-state index contributed by atoms with van der Waals surface area (Å²) < 4.78 is 0. The van der Waals surface area contributed by atoms with Gasteiger partial charge < -0.3 is 5.73 Å². The lowest BCUT2D eigenvalue weighted by Gasteiger charge is -2.12. The molecular formula is C11H14N2. The van der Waals surface area contributed by atoms with Crippen LogP contribution in [-0.2, 0) is 6.42 Å². The lowest BCUT2D eigenvalue weighted by Crippen LogP contribution is -2.10. The largest absolute Gasteiger partial charge is 0.324 e.